The van der Waals surface area contributed by atoms with Gasteiger partial charge < -0.3 is 10.6 Å². The Morgan fingerprint density at radius 1 is 1.22 bits per heavy atom. The van der Waals surface area contributed by atoms with Gasteiger partial charge in [-0.25, -0.2) is 0 Å². The molecule has 18 heavy (non-hydrogen) atoms. The molecule has 0 aromatic rings. The van der Waals surface area contributed by atoms with Gasteiger partial charge in [-0.05, 0) is 31.1 Å². The molecule has 1 fully saturated rings. The van der Waals surface area contributed by atoms with Crippen LogP contribution in [-0.4, -0.2) is 29.4 Å². The number of nitrogens with zero attached hydrogens (tertiary/aromatic N) is 1. The first kappa shape index (κ1) is 15.5. The fourth-order valence-electron chi connectivity index (χ4n) is 2.56. The third-order valence-electron chi connectivity index (χ3n) is 4.00. The first-order valence-electron chi connectivity index (χ1n) is 7.49. The standard InChI is InChI=1S/C15H30N2O/c1-11(2)9-10-17(13-7-5-6-8-13)15(18)14(16)12(3)4/h11-14H,5-10,16H2,1-4H3/t14-/m0/s1. The van der Waals surface area contributed by atoms with Crippen LogP contribution in [0.25, 0.3) is 0 Å². The molecule has 1 rings (SSSR count). The van der Waals surface area contributed by atoms with E-state index in [4.69, 9.17) is 5.73 Å². The lowest BCUT2D eigenvalue weighted by Gasteiger charge is -2.33. The third kappa shape index (κ3) is 4.27. The van der Waals surface area contributed by atoms with E-state index in [2.05, 4.69) is 18.7 Å². The molecule has 1 atom stereocenters. The zero-order valence-corrected chi connectivity index (χ0v) is 12.5. The Hall–Kier alpha value is -0.570. The van der Waals surface area contributed by atoms with Gasteiger partial charge in [0.1, 0.15) is 0 Å². The monoisotopic (exact) mass is 254 g/mol. The van der Waals surface area contributed by atoms with Crippen LogP contribution in [0.15, 0.2) is 0 Å². The quantitative estimate of drug-likeness (QED) is 0.792. The molecule has 0 spiro atoms. The van der Waals surface area contributed by atoms with E-state index in [-0.39, 0.29) is 17.9 Å². The second-order valence-corrected chi connectivity index (χ2v) is 6.42. The lowest BCUT2D eigenvalue weighted by Crippen LogP contribution is -2.50. The van der Waals surface area contributed by atoms with Gasteiger partial charge in [0.25, 0.3) is 0 Å². The van der Waals surface area contributed by atoms with Crippen LogP contribution in [0.2, 0.25) is 0 Å². The molecule has 1 aliphatic carbocycles. The van der Waals surface area contributed by atoms with Gasteiger partial charge in [-0.3, -0.25) is 4.79 Å². The van der Waals surface area contributed by atoms with Crippen molar-refractivity contribution in [2.24, 2.45) is 17.6 Å². The van der Waals surface area contributed by atoms with E-state index in [1.54, 1.807) is 0 Å². The van der Waals surface area contributed by atoms with Gasteiger partial charge in [0.05, 0.1) is 6.04 Å². The van der Waals surface area contributed by atoms with Gasteiger partial charge in [0.15, 0.2) is 0 Å². The summed E-state index contributed by atoms with van der Waals surface area (Å²) in [5.41, 5.74) is 6.04. The average Bonchev–Trinajstić information content (AvgIpc) is 2.81. The second kappa shape index (κ2) is 7.13. The van der Waals surface area contributed by atoms with Gasteiger partial charge in [-0.1, -0.05) is 40.5 Å². The summed E-state index contributed by atoms with van der Waals surface area (Å²) in [6, 6.07) is 0.110. The minimum Gasteiger partial charge on any atom is -0.338 e. The second-order valence-electron chi connectivity index (χ2n) is 6.42. The summed E-state index contributed by atoms with van der Waals surface area (Å²) in [4.78, 5) is 14.6. The summed E-state index contributed by atoms with van der Waals surface area (Å²) in [7, 11) is 0. The average molecular weight is 254 g/mol. The Morgan fingerprint density at radius 2 is 1.78 bits per heavy atom. The Bertz CT molecular complexity index is 257. The summed E-state index contributed by atoms with van der Waals surface area (Å²) in [5.74, 6) is 1.02. The van der Waals surface area contributed by atoms with E-state index in [0.29, 0.717) is 12.0 Å². The van der Waals surface area contributed by atoms with Gasteiger partial charge >= 0.3 is 0 Å². The molecule has 1 amide bonds. The van der Waals surface area contributed by atoms with Crippen molar-refractivity contribution in [3.8, 4) is 0 Å². The SMILES string of the molecule is CC(C)CCN(C(=O)[C@@H](N)C(C)C)C1CCCC1. The molecule has 106 valence electrons. The minimum absolute atomic E-state index is 0.164. The predicted molar refractivity (Wildman–Crippen MR) is 76.2 cm³/mol. The highest BCUT2D eigenvalue weighted by Gasteiger charge is 2.30. The highest BCUT2D eigenvalue weighted by molar-refractivity contribution is 5.82. The predicted octanol–water partition coefficient (Wildman–Crippen LogP) is 2.79. The largest absolute Gasteiger partial charge is 0.338 e. The van der Waals surface area contributed by atoms with E-state index in [1.165, 1.54) is 12.8 Å². The van der Waals surface area contributed by atoms with Crippen LogP contribution in [0.5, 0.6) is 0 Å². The van der Waals surface area contributed by atoms with E-state index >= 15 is 0 Å². The zero-order valence-electron chi connectivity index (χ0n) is 12.5. The van der Waals surface area contributed by atoms with E-state index in [1.807, 2.05) is 13.8 Å². The van der Waals surface area contributed by atoms with Crippen LogP contribution in [0, 0.1) is 11.8 Å². The minimum atomic E-state index is -0.335. The number of nitrogens with two attached hydrogens (primary N) is 1. The maximum Gasteiger partial charge on any atom is 0.239 e. The Labute approximate surface area is 112 Å². The highest BCUT2D eigenvalue weighted by atomic mass is 16.2. The maximum atomic E-state index is 12.5. The van der Waals surface area contributed by atoms with Gasteiger partial charge in [-0.15, -0.1) is 0 Å². The van der Waals surface area contributed by atoms with Crippen LogP contribution in [0.4, 0.5) is 0 Å². The van der Waals surface area contributed by atoms with Crippen LogP contribution < -0.4 is 5.73 Å². The summed E-state index contributed by atoms with van der Waals surface area (Å²) < 4.78 is 0. The smallest absolute Gasteiger partial charge is 0.239 e. The number of hydrogen-bond acceptors (Lipinski definition) is 2. The Morgan fingerprint density at radius 3 is 2.22 bits per heavy atom. The highest BCUT2D eigenvalue weighted by Crippen LogP contribution is 2.25. The zero-order chi connectivity index (χ0) is 13.7. The Balaban J connectivity index is 2.66. The first-order valence-corrected chi connectivity index (χ1v) is 7.49. The summed E-state index contributed by atoms with van der Waals surface area (Å²) in [6.45, 7) is 9.34. The molecule has 0 unspecified atom stereocenters. The van der Waals surface area contributed by atoms with Crippen LogP contribution in [-0.2, 0) is 4.79 Å². The lowest BCUT2D eigenvalue weighted by molar-refractivity contribution is -0.136. The number of carbonyl (C=O) groups is 1. The molecule has 0 bridgehead atoms. The molecule has 0 aliphatic heterocycles. The van der Waals surface area contributed by atoms with Crippen molar-refractivity contribution in [2.45, 2.75) is 71.9 Å². The normalized spacial score (nSPS) is 18.6. The topological polar surface area (TPSA) is 46.3 Å². The Kier molecular flexibility index (Phi) is 6.13. The molecular formula is C15H30N2O. The van der Waals surface area contributed by atoms with E-state index < -0.39 is 0 Å². The molecule has 3 heteroatoms. The lowest BCUT2D eigenvalue weighted by atomic mass is 10.0. The fourth-order valence-corrected chi connectivity index (χ4v) is 2.56. The molecule has 0 aromatic carbocycles. The molecule has 1 aliphatic rings. The molecular weight excluding hydrogens is 224 g/mol. The molecule has 0 aromatic heterocycles. The van der Waals surface area contributed by atoms with Crippen molar-refractivity contribution in [2.75, 3.05) is 6.54 Å². The molecule has 0 radical (unpaired) electrons. The maximum absolute atomic E-state index is 12.5. The van der Waals surface area contributed by atoms with Gasteiger partial charge in [0, 0.05) is 12.6 Å². The summed E-state index contributed by atoms with van der Waals surface area (Å²) >= 11 is 0. The van der Waals surface area contributed by atoms with Crippen molar-refractivity contribution in [1.82, 2.24) is 4.90 Å². The first-order chi connectivity index (χ1) is 8.43. The van der Waals surface area contributed by atoms with Gasteiger partial charge in [0.2, 0.25) is 5.91 Å². The van der Waals surface area contributed by atoms with Crippen molar-refractivity contribution in [3.63, 3.8) is 0 Å². The van der Waals surface area contributed by atoms with Crippen molar-refractivity contribution < 1.29 is 4.79 Å². The molecule has 0 saturated heterocycles. The number of carbonyl (C=O) groups excluding carboxylic acids is 1. The molecule has 3 nitrogen and oxygen atoms in total. The molecule has 1 saturated carbocycles. The number of rotatable bonds is 6. The van der Waals surface area contributed by atoms with E-state index in [0.717, 1.165) is 25.8 Å². The van der Waals surface area contributed by atoms with Crippen LogP contribution in [0.3, 0.4) is 0 Å². The third-order valence-corrected chi connectivity index (χ3v) is 4.00. The van der Waals surface area contributed by atoms with Gasteiger partial charge in [-0.2, -0.15) is 0 Å². The van der Waals surface area contributed by atoms with E-state index in [9.17, 15) is 4.79 Å². The number of hydrogen-bond donors (Lipinski definition) is 1. The summed E-state index contributed by atoms with van der Waals surface area (Å²) in [5, 5.41) is 0. The van der Waals surface area contributed by atoms with Crippen molar-refractivity contribution in [1.29, 1.82) is 0 Å². The van der Waals surface area contributed by atoms with Crippen molar-refractivity contribution >= 4 is 5.91 Å². The molecule has 2 N–H and O–H groups in total. The number of amides is 1. The van der Waals surface area contributed by atoms with Crippen LogP contribution >= 0.6 is 0 Å². The van der Waals surface area contributed by atoms with Crippen LogP contribution in [0.1, 0.15) is 59.8 Å². The molecule has 0 heterocycles. The fraction of sp³-hybridized carbons (Fsp3) is 0.933. The summed E-state index contributed by atoms with van der Waals surface area (Å²) in [6.07, 6.45) is 5.91. The van der Waals surface area contributed by atoms with Crippen molar-refractivity contribution in [3.05, 3.63) is 0 Å².